The van der Waals surface area contributed by atoms with Gasteiger partial charge in [-0.05, 0) is 61.2 Å². The van der Waals surface area contributed by atoms with Crippen LogP contribution in [0.15, 0.2) is 35.7 Å². The van der Waals surface area contributed by atoms with Crippen LogP contribution in [0.3, 0.4) is 0 Å². The van der Waals surface area contributed by atoms with Gasteiger partial charge in [0, 0.05) is 54.4 Å². The van der Waals surface area contributed by atoms with Gasteiger partial charge >= 0.3 is 0 Å². The molecule has 3 aliphatic rings. The molecule has 2 aliphatic carbocycles. The molecule has 0 spiro atoms. The van der Waals surface area contributed by atoms with Gasteiger partial charge in [-0.2, -0.15) is 5.10 Å². The van der Waals surface area contributed by atoms with E-state index in [1.165, 1.54) is 29.8 Å². The predicted octanol–water partition coefficient (Wildman–Crippen LogP) is 3.45. The molecular formula is C24H27N5OS. The fraction of sp³-hybridized carbons (Fsp3) is 0.417. The van der Waals surface area contributed by atoms with E-state index in [1.807, 2.05) is 33.8 Å². The van der Waals surface area contributed by atoms with E-state index in [4.69, 9.17) is 10.8 Å². The third-order valence-corrected chi connectivity index (χ3v) is 7.76. The number of benzene rings is 1. The molecule has 2 N–H and O–H groups in total. The Morgan fingerprint density at radius 1 is 1.13 bits per heavy atom. The second-order valence-corrected chi connectivity index (χ2v) is 9.98. The number of aromatic nitrogens is 2. The van der Waals surface area contributed by atoms with Crippen molar-refractivity contribution in [2.75, 3.05) is 38.5 Å². The molecule has 1 aliphatic heterocycles. The van der Waals surface area contributed by atoms with Crippen molar-refractivity contribution in [3.05, 3.63) is 51.8 Å². The van der Waals surface area contributed by atoms with Gasteiger partial charge in [0.15, 0.2) is 5.69 Å². The van der Waals surface area contributed by atoms with Gasteiger partial charge in [-0.1, -0.05) is 6.07 Å². The number of hydrogen-bond acceptors (Lipinski definition) is 5. The van der Waals surface area contributed by atoms with Crippen molar-refractivity contribution in [1.82, 2.24) is 19.6 Å². The van der Waals surface area contributed by atoms with Crippen LogP contribution in [0.5, 0.6) is 0 Å². The number of nitrogens with zero attached hydrogens (tertiary/aromatic N) is 4. The number of piperazine rings is 1. The Kier molecular flexibility index (Phi) is 4.61. The van der Waals surface area contributed by atoms with Gasteiger partial charge in [-0.15, -0.1) is 11.3 Å². The van der Waals surface area contributed by atoms with Gasteiger partial charge in [-0.3, -0.25) is 9.69 Å². The smallest absolute Gasteiger partial charge is 0.274 e. The normalized spacial score (nSPS) is 18.6. The monoisotopic (exact) mass is 433 g/mol. The lowest BCUT2D eigenvalue weighted by Crippen LogP contribution is -2.49. The third-order valence-electron chi connectivity index (χ3n) is 6.78. The number of carbonyl (C=O) groups excluding carboxylic acids is 1. The Hall–Kier alpha value is -2.64. The summed E-state index contributed by atoms with van der Waals surface area (Å²) in [6, 6.07) is 9.92. The number of nitrogens with two attached hydrogens (primary N) is 1. The number of rotatable bonds is 4. The number of aryl methyl sites for hydroxylation is 1. The highest BCUT2D eigenvalue weighted by Gasteiger charge is 2.33. The minimum absolute atomic E-state index is 0.0728. The van der Waals surface area contributed by atoms with Crippen molar-refractivity contribution < 1.29 is 4.79 Å². The molecule has 1 amide bonds. The lowest BCUT2D eigenvalue weighted by Gasteiger charge is -2.34. The SMILES string of the molecule is Nc1cccc(-n2nc(C(=O)N3CCN(CC4CC4)CC3)c3c2-c2ccsc2CC3)c1. The molecule has 2 aromatic heterocycles. The molecule has 2 fully saturated rings. The Morgan fingerprint density at radius 3 is 2.74 bits per heavy atom. The minimum atomic E-state index is 0.0728. The van der Waals surface area contributed by atoms with Gasteiger partial charge in [0.2, 0.25) is 0 Å². The summed E-state index contributed by atoms with van der Waals surface area (Å²) in [6.45, 7) is 4.71. The van der Waals surface area contributed by atoms with E-state index in [-0.39, 0.29) is 5.91 Å². The number of nitrogen functional groups attached to an aromatic ring is 1. The van der Waals surface area contributed by atoms with Crippen LogP contribution in [0, 0.1) is 5.92 Å². The minimum Gasteiger partial charge on any atom is -0.399 e. The maximum absolute atomic E-state index is 13.6. The number of anilines is 1. The van der Waals surface area contributed by atoms with Gasteiger partial charge in [0.1, 0.15) is 0 Å². The quantitative estimate of drug-likeness (QED) is 0.640. The molecule has 3 aromatic rings. The third kappa shape index (κ3) is 3.46. The van der Waals surface area contributed by atoms with Gasteiger partial charge in [0.05, 0.1) is 11.4 Å². The Morgan fingerprint density at radius 2 is 1.97 bits per heavy atom. The summed E-state index contributed by atoms with van der Waals surface area (Å²) in [4.78, 5) is 19.5. The first-order chi connectivity index (χ1) is 15.2. The maximum atomic E-state index is 13.6. The van der Waals surface area contributed by atoms with Crippen LogP contribution in [-0.2, 0) is 12.8 Å². The lowest BCUT2D eigenvalue weighted by molar-refractivity contribution is 0.0624. The van der Waals surface area contributed by atoms with E-state index in [1.54, 1.807) is 11.3 Å². The highest BCUT2D eigenvalue weighted by Crippen LogP contribution is 2.40. The van der Waals surface area contributed by atoms with Crippen molar-refractivity contribution >= 4 is 22.9 Å². The number of fused-ring (bicyclic) bond motifs is 3. The fourth-order valence-corrected chi connectivity index (χ4v) is 5.79. The first-order valence-corrected chi connectivity index (χ1v) is 12.1. The van der Waals surface area contributed by atoms with Crippen LogP contribution in [0.2, 0.25) is 0 Å². The van der Waals surface area contributed by atoms with Crippen LogP contribution in [0.1, 0.15) is 33.8 Å². The molecule has 0 radical (unpaired) electrons. The molecule has 3 heterocycles. The highest BCUT2D eigenvalue weighted by molar-refractivity contribution is 7.10. The van der Waals surface area contributed by atoms with Crippen LogP contribution in [0.4, 0.5) is 5.69 Å². The largest absolute Gasteiger partial charge is 0.399 e. The highest BCUT2D eigenvalue weighted by atomic mass is 32.1. The maximum Gasteiger partial charge on any atom is 0.274 e. The summed E-state index contributed by atoms with van der Waals surface area (Å²) in [5, 5.41) is 7.03. The Labute approximate surface area is 186 Å². The Balaban J connectivity index is 1.35. The average molecular weight is 434 g/mol. The number of carbonyl (C=O) groups is 1. The lowest BCUT2D eigenvalue weighted by atomic mass is 9.94. The molecule has 1 saturated carbocycles. The topological polar surface area (TPSA) is 67.4 Å². The van der Waals surface area contributed by atoms with E-state index >= 15 is 0 Å². The van der Waals surface area contributed by atoms with Gasteiger partial charge in [-0.25, -0.2) is 4.68 Å². The Bertz CT molecular complexity index is 1140. The molecule has 1 aromatic carbocycles. The number of thiophene rings is 1. The second kappa shape index (κ2) is 7.50. The molecule has 6 rings (SSSR count). The summed E-state index contributed by atoms with van der Waals surface area (Å²) in [6.07, 6.45) is 4.57. The first kappa shape index (κ1) is 19.1. The molecular weight excluding hydrogens is 406 g/mol. The van der Waals surface area contributed by atoms with E-state index in [0.717, 1.165) is 61.9 Å². The zero-order valence-corrected chi connectivity index (χ0v) is 18.4. The summed E-state index contributed by atoms with van der Waals surface area (Å²) < 4.78 is 1.94. The standard InChI is InChI=1S/C24H27N5OS/c25-17-2-1-3-18(14-17)29-23-19-8-13-31-21(19)7-6-20(23)22(26-29)24(30)28-11-9-27(10-12-28)15-16-4-5-16/h1-3,8,13-14,16H,4-7,9-12,15,25H2. The first-order valence-electron chi connectivity index (χ1n) is 11.2. The van der Waals surface area contributed by atoms with Crippen LogP contribution < -0.4 is 5.73 Å². The second-order valence-electron chi connectivity index (χ2n) is 8.98. The van der Waals surface area contributed by atoms with Crippen molar-refractivity contribution in [2.45, 2.75) is 25.7 Å². The van der Waals surface area contributed by atoms with E-state index in [9.17, 15) is 4.79 Å². The summed E-state index contributed by atoms with van der Waals surface area (Å²) in [5.41, 5.74) is 11.6. The van der Waals surface area contributed by atoms with Crippen LogP contribution in [0.25, 0.3) is 16.9 Å². The van der Waals surface area contributed by atoms with Crippen molar-refractivity contribution in [3.63, 3.8) is 0 Å². The predicted molar refractivity (Wildman–Crippen MR) is 124 cm³/mol. The van der Waals surface area contributed by atoms with E-state index < -0.39 is 0 Å². The fourth-order valence-electron chi connectivity index (χ4n) is 4.91. The molecule has 0 atom stereocenters. The van der Waals surface area contributed by atoms with Gasteiger partial charge < -0.3 is 10.6 Å². The molecule has 160 valence electrons. The summed E-state index contributed by atoms with van der Waals surface area (Å²) in [7, 11) is 0. The van der Waals surface area contributed by atoms with Crippen LogP contribution >= 0.6 is 11.3 Å². The molecule has 0 bridgehead atoms. The molecule has 1 saturated heterocycles. The summed E-state index contributed by atoms with van der Waals surface area (Å²) in [5.74, 6) is 0.965. The van der Waals surface area contributed by atoms with E-state index in [0.29, 0.717) is 11.4 Å². The molecule has 6 nitrogen and oxygen atoms in total. The average Bonchev–Trinajstić information content (AvgIpc) is 3.32. The molecule has 31 heavy (non-hydrogen) atoms. The van der Waals surface area contributed by atoms with Crippen molar-refractivity contribution in [3.8, 4) is 16.9 Å². The van der Waals surface area contributed by atoms with Crippen molar-refractivity contribution in [2.24, 2.45) is 5.92 Å². The van der Waals surface area contributed by atoms with Crippen LogP contribution in [-0.4, -0.2) is 58.2 Å². The van der Waals surface area contributed by atoms with Gasteiger partial charge in [0.25, 0.3) is 5.91 Å². The van der Waals surface area contributed by atoms with E-state index in [2.05, 4.69) is 16.3 Å². The molecule has 7 heteroatoms. The molecule has 0 unspecified atom stereocenters. The number of amides is 1. The number of hydrogen-bond donors (Lipinski definition) is 1. The van der Waals surface area contributed by atoms with Crippen molar-refractivity contribution in [1.29, 1.82) is 0 Å². The summed E-state index contributed by atoms with van der Waals surface area (Å²) >= 11 is 1.79. The zero-order valence-electron chi connectivity index (χ0n) is 17.6. The zero-order chi connectivity index (χ0) is 20.9.